The van der Waals surface area contributed by atoms with E-state index in [0.717, 1.165) is 24.3 Å². The lowest BCUT2D eigenvalue weighted by Gasteiger charge is -2.78. The highest BCUT2D eigenvalue weighted by molar-refractivity contribution is 7.99. The molecule has 0 atom stereocenters. The van der Waals surface area contributed by atoms with Crippen LogP contribution in [0.1, 0.15) is 32.1 Å². The zero-order chi connectivity index (χ0) is 10.7. The summed E-state index contributed by atoms with van der Waals surface area (Å²) in [5.74, 6) is 2.94. The summed E-state index contributed by atoms with van der Waals surface area (Å²) in [5.41, 5.74) is 0.137. The molecule has 0 aromatic heterocycles. The summed E-state index contributed by atoms with van der Waals surface area (Å²) >= 11 is 1.95. The monoisotopic (exact) mass is 235 g/mol. The van der Waals surface area contributed by atoms with Crippen LogP contribution in [0, 0.1) is 11.3 Å². The second-order valence-corrected chi connectivity index (χ2v) is 6.94. The highest BCUT2D eigenvalue weighted by Gasteiger charge is 2.75. The summed E-state index contributed by atoms with van der Waals surface area (Å²) in [7, 11) is 0. The molecule has 4 fully saturated rings. The maximum atomic E-state index is 12.7. The number of halogens is 3. The van der Waals surface area contributed by atoms with E-state index in [9.17, 15) is 12.9 Å². The van der Waals surface area contributed by atoms with Crippen molar-refractivity contribution in [2.75, 3.05) is 11.5 Å². The van der Waals surface area contributed by atoms with Crippen molar-refractivity contribution in [2.45, 2.75) is 37.4 Å². The van der Waals surface area contributed by atoms with Crippen molar-refractivity contribution in [2.24, 2.45) is 11.3 Å². The number of hydrogen-bond acceptors (Lipinski definition) is 1. The van der Waals surface area contributed by atoms with Gasteiger partial charge in [0.15, 0.2) is 0 Å². The van der Waals surface area contributed by atoms with Gasteiger partial charge < -0.3 is 12.9 Å². The first-order chi connectivity index (χ1) is 6.98. The van der Waals surface area contributed by atoms with Crippen LogP contribution in [0.5, 0.6) is 0 Å². The van der Waals surface area contributed by atoms with Crippen molar-refractivity contribution < 1.29 is 12.9 Å². The van der Waals surface area contributed by atoms with Crippen LogP contribution in [-0.4, -0.2) is 18.5 Å². The Morgan fingerprint density at radius 2 is 1.53 bits per heavy atom. The van der Waals surface area contributed by atoms with E-state index >= 15 is 0 Å². The number of thioether (sulfide) groups is 1. The Morgan fingerprint density at radius 3 is 2.00 bits per heavy atom. The van der Waals surface area contributed by atoms with Crippen molar-refractivity contribution in [3.63, 3.8) is 0 Å². The van der Waals surface area contributed by atoms with Crippen LogP contribution >= 0.6 is 11.8 Å². The molecule has 0 radical (unpaired) electrons. The molecule has 1 aliphatic heterocycles. The van der Waals surface area contributed by atoms with Crippen molar-refractivity contribution in [3.8, 4) is 0 Å². The molecule has 5 heteroatoms. The predicted octanol–water partition coefficient (Wildman–Crippen LogP) is 3.90. The van der Waals surface area contributed by atoms with Gasteiger partial charge in [0.2, 0.25) is 0 Å². The maximum absolute atomic E-state index is 12.7. The van der Waals surface area contributed by atoms with Gasteiger partial charge in [0.05, 0.1) is 0 Å². The average molecular weight is 235 g/mol. The smallest absolute Gasteiger partial charge is 0.449 e. The second kappa shape index (κ2) is 2.90. The standard InChI is InChI=1S/C10H15BF3S/c12-11(13,14)10-5-9(6-10,7-10)8-1-3-15-4-2-8/h8H,1-7H2/q-1. The van der Waals surface area contributed by atoms with E-state index in [1.807, 2.05) is 11.8 Å². The van der Waals surface area contributed by atoms with Gasteiger partial charge in [0.1, 0.15) is 0 Å². The molecule has 3 aliphatic carbocycles. The molecule has 2 bridgehead atoms. The van der Waals surface area contributed by atoms with Crippen LogP contribution < -0.4 is 0 Å². The van der Waals surface area contributed by atoms with E-state index < -0.39 is 12.3 Å². The van der Waals surface area contributed by atoms with Crippen LogP contribution in [0.25, 0.3) is 0 Å². The molecule has 86 valence electrons. The summed E-state index contributed by atoms with van der Waals surface area (Å²) in [6, 6.07) is 0. The van der Waals surface area contributed by atoms with Crippen molar-refractivity contribution >= 4 is 18.7 Å². The first-order valence-electron chi connectivity index (χ1n) is 5.75. The third-order valence-corrected chi connectivity index (χ3v) is 5.94. The Balaban J connectivity index is 1.65. The topological polar surface area (TPSA) is 0 Å². The third kappa shape index (κ3) is 1.25. The molecule has 0 amide bonds. The molecule has 0 N–H and O–H groups in total. The van der Waals surface area contributed by atoms with E-state index in [-0.39, 0.29) is 5.41 Å². The van der Waals surface area contributed by atoms with Gasteiger partial charge in [-0.1, -0.05) is 24.6 Å². The molecular weight excluding hydrogens is 220 g/mol. The predicted molar refractivity (Wildman–Crippen MR) is 58.1 cm³/mol. The van der Waals surface area contributed by atoms with Gasteiger partial charge >= 0.3 is 6.98 Å². The van der Waals surface area contributed by atoms with Gasteiger partial charge in [-0.05, 0) is 35.7 Å². The molecule has 4 rings (SSSR count). The van der Waals surface area contributed by atoms with Crippen LogP contribution in [0.4, 0.5) is 12.9 Å². The Labute approximate surface area is 92.4 Å². The molecule has 4 aliphatic rings. The number of hydrogen-bond donors (Lipinski definition) is 0. The van der Waals surface area contributed by atoms with E-state index in [1.54, 1.807) is 0 Å². The fraction of sp³-hybridized carbons (Fsp3) is 1.00. The second-order valence-electron chi connectivity index (χ2n) is 5.72. The molecule has 0 nitrogen and oxygen atoms in total. The Bertz CT molecular complexity index is 263. The quantitative estimate of drug-likeness (QED) is 0.654. The molecule has 0 aromatic rings. The van der Waals surface area contributed by atoms with Gasteiger partial charge in [-0.3, -0.25) is 0 Å². The highest BCUT2D eigenvalue weighted by atomic mass is 32.2. The van der Waals surface area contributed by atoms with E-state index in [1.165, 1.54) is 0 Å². The fourth-order valence-corrected chi connectivity index (χ4v) is 5.14. The third-order valence-electron chi connectivity index (χ3n) is 4.89. The Hall–Kier alpha value is 0.205. The lowest BCUT2D eigenvalue weighted by molar-refractivity contribution is -0.157. The molecule has 0 spiro atoms. The van der Waals surface area contributed by atoms with Crippen molar-refractivity contribution in [3.05, 3.63) is 0 Å². The summed E-state index contributed by atoms with van der Waals surface area (Å²) in [6.07, 6.45) is 3.73. The largest absolute Gasteiger partial charge is 0.484 e. The molecule has 0 unspecified atom stereocenters. The lowest BCUT2D eigenvalue weighted by Crippen LogP contribution is -2.67. The minimum atomic E-state index is -4.57. The van der Waals surface area contributed by atoms with E-state index in [4.69, 9.17) is 0 Å². The SMILES string of the molecule is F[B-](F)(F)C12CC(C3CCSCC3)(C1)C2. The average Bonchev–Trinajstić information content (AvgIpc) is 1.98. The highest BCUT2D eigenvalue weighted by Crippen LogP contribution is 2.85. The first kappa shape index (κ1) is 10.4. The minimum Gasteiger partial charge on any atom is -0.449 e. The van der Waals surface area contributed by atoms with Gasteiger partial charge in [-0.25, -0.2) is 0 Å². The van der Waals surface area contributed by atoms with Crippen LogP contribution in [0.3, 0.4) is 0 Å². The van der Waals surface area contributed by atoms with Crippen molar-refractivity contribution in [1.29, 1.82) is 0 Å². The zero-order valence-electron chi connectivity index (χ0n) is 8.65. The molecular formula is C10H15BF3S-. The summed E-state index contributed by atoms with van der Waals surface area (Å²) < 4.78 is 38.2. The van der Waals surface area contributed by atoms with Gasteiger partial charge in [-0.15, -0.1) is 0 Å². The van der Waals surface area contributed by atoms with Gasteiger partial charge in [0.25, 0.3) is 0 Å². The Kier molecular flexibility index (Phi) is 2.01. The molecule has 1 heterocycles. The van der Waals surface area contributed by atoms with Crippen LogP contribution in [0.2, 0.25) is 5.31 Å². The van der Waals surface area contributed by atoms with E-state index in [2.05, 4.69) is 0 Å². The van der Waals surface area contributed by atoms with Crippen LogP contribution in [-0.2, 0) is 0 Å². The van der Waals surface area contributed by atoms with E-state index in [0.29, 0.717) is 25.2 Å². The Morgan fingerprint density at radius 1 is 1.00 bits per heavy atom. The molecule has 1 saturated heterocycles. The summed E-state index contributed by atoms with van der Waals surface area (Å²) in [5, 5.41) is -1.18. The minimum absolute atomic E-state index is 0.137. The van der Waals surface area contributed by atoms with Gasteiger partial charge in [-0.2, -0.15) is 11.8 Å². The van der Waals surface area contributed by atoms with Gasteiger partial charge in [0, 0.05) is 0 Å². The van der Waals surface area contributed by atoms with Crippen molar-refractivity contribution in [1.82, 2.24) is 0 Å². The number of rotatable bonds is 2. The molecule has 0 aromatic carbocycles. The zero-order valence-corrected chi connectivity index (χ0v) is 9.46. The first-order valence-corrected chi connectivity index (χ1v) is 6.90. The maximum Gasteiger partial charge on any atom is 0.484 e. The lowest BCUT2D eigenvalue weighted by atomic mass is 9.22. The van der Waals surface area contributed by atoms with Crippen LogP contribution in [0.15, 0.2) is 0 Å². The molecule has 3 saturated carbocycles. The normalized spacial score (nSPS) is 45.8. The summed E-state index contributed by atoms with van der Waals surface area (Å²) in [4.78, 5) is 0. The fourth-order valence-electron chi connectivity index (χ4n) is 4.04. The molecule has 15 heavy (non-hydrogen) atoms. The summed E-state index contributed by atoms with van der Waals surface area (Å²) in [6.45, 7) is -4.57.